The molecule has 0 radical (unpaired) electrons. The number of hydrogen-bond donors (Lipinski definition) is 0. The van der Waals surface area contributed by atoms with E-state index in [4.69, 9.17) is 4.42 Å². The summed E-state index contributed by atoms with van der Waals surface area (Å²) in [5, 5.41) is 0. The second-order valence-electron chi connectivity index (χ2n) is 8.27. The SMILES string of the molecule is Cc1ccoc1C(=O)N1CCC[C@]2(C(=O)N(C)C)CN(c3ncccn3)C[C@@H]2C1. The van der Waals surface area contributed by atoms with Gasteiger partial charge in [0.25, 0.3) is 5.91 Å². The van der Waals surface area contributed by atoms with Crippen LogP contribution in [0.5, 0.6) is 0 Å². The van der Waals surface area contributed by atoms with E-state index in [0.29, 0.717) is 37.9 Å². The van der Waals surface area contributed by atoms with E-state index in [0.717, 1.165) is 18.4 Å². The molecule has 8 heteroatoms. The van der Waals surface area contributed by atoms with Gasteiger partial charge in [-0.1, -0.05) is 0 Å². The Bertz CT molecular complexity index is 897. The van der Waals surface area contributed by atoms with Gasteiger partial charge >= 0.3 is 0 Å². The number of carbonyl (C=O) groups excluding carboxylic acids is 2. The van der Waals surface area contributed by atoms with Crippen LogP contribution in [0.25, 0.3) is 0 Å². The van der Waals surface area contributed by atoms with Crippen LogP contribution in [-0.2, 0) is 4.79 Å². The van der Waals surface area contributed by atoms with Crippen LogP contribution in [0.4, 0.5) is 5.95 Å². The average molecular weight is 397 g/mol. The number of aryl methyl sites for hydroxylation is 1. The Kier molecular flexibility index (Phi) is 5.02. The highest BCUT2D eigenvalue weighted by molar-refractivity contribution is 5.93. The molecule has 29 heavy (non-hydrogen) atoms. The van der Waals surface area contributed by atoms with Gasteiger partial charge in [0.2, 0.25) is 11.9 Å². The van der Waals surface area contributed by atoms with Crippen LogP contribution in [0.3, 0.4) is 0 Å². The van der Waals surface area contributed by atoms with Gasteiger partial charge in [-0.3, -0.25) is 9.59 Å². The predicted octanol–water partition coefficient (Wildman–Crippen LogP) is 1.83. The molecule has 4 rings (SSSR count). The highest BCUT2D eigenvalue weighted by atomic mass is 16.3. The lowest BCUT2D eigenvalue weighted by atomic mass is 9.74. The summed E-state index contributed by atoms with van der Waals surface area (Å²) < 4.78 is 5.44. The maximum atomic E-state index is 13.3. The van der Waals surface area contributed by atoms with Gasteiger partial charge in [0.05, 0.1) is 11.7 Å². The molecule has 2 aromatic rings. The summed E-state index contributed by atoms with van der Waals surface area (Å²) in [5.41, 5.74) is 0.288. The molecule has 0 unspecified atom stereocenters. The number of furan rings is 1. The van der Waals surface area contributed by atoms with Crippen molar-refractivity contribution < 1.29 is 14.0 Å². The monoisotopic (exact) mass is 397 g/mol. The van der Waals surface area contributed by atoms with Gasteiger partial charge in [-0.25, -0.2) is 9.97 Å². The maximum absolute atomic E-state index is 13.3. The zero-order valence-electron chi connectivity index (χ0n) is 17.2. The molecule has 2 fully saturated rings. The number of likely N-dealkylation sites (tertiary alicyclic amines) is 1. The Morgan fingerprint density at radius 2 is 2.00 bits per heavy atom. The van der Waals surface area contributed by atoms with Crippen molar-refractivity contribution in [3.8, 4) is 0 Å². The standard InChI is InChI=1S/C21H27N5O3/c1-15-6-11-29-17(15)18(27)25-10-4-7-21(19(28)24(2)3)14-26(13-16(21)12-25)20-22-8-5-9-23-20/h5-6,8-9,11,16H,4,7,10,12-14H2,1-3H3/t16-,21-/m0/s1. The lowest BCUT2D eigenvalue weighted by Crippen LogP contribution is -2.47. The van der Waals surface area contributed by atoms with E-state index in [-0.39, 0.29) is 17.7 Å². The molecule has 0 aromatic carbocycles. The van der Waals surface area contributed by atoms with Gasteiger partial charge in [-0.05, 0) is 31.9 Å². The van der Waals surface area contributed by atoms with Gasteiger partial charge in [0, 0.05) is 64.1 Å². The predicted molar refractivity (Wildman–Crippen MR) is 107 cm³/mol. The Hall–Kier alpha value is -2.90. The average Bonchev–Trinajstić information content (AvgIpc) is 3.26. The molecule has 2 aromatic heterocycles. The molecule has 2 aliphatic heterocycles. The number of nitrogens with zero attached hydrogens (tertiary/aromatic N) is 5. The van der Waals surface area contributed by atoms with E-state index in [1.807, 2.05) is 11.8 Å². The van der Waals surface area contributed by atoms with Crippen LogP contribution in [0.15, 0.2) is 35.2 Å². The molecule has 2 amide bonds. The summed E-state index contributed by atoms with van der Waals surface area (Å²) >= 11 is 0. The third-order valence-corrected chi connectivity index (χ3v) is 6.20. The molecule has 0 saturated carbocycles. The Labute approximate surface area is 170 Å². The number of aromatic nitrogens is 2. The van der Waals surface area contributed by atoms with Crippen LogP contribution in [0.2, 0.25) is 0 Å². The smallest absolute Gasteiger partial charge is 0.289 e. The first-order valence-electron chi connectivity index (χ1n) is 9.99. The van der Waals surface area contributed by atoms with Crippen molar-refractivity contribution in [2.45, 2.75) is 19.8 Å². The largest absolute Gasteiger partial charge is 0.459 e. The van der Waals surface area contributed by atoms with Gasteiger partial charge in [-0.2, -0.15) is 0 Å². The second kappa shape index (κ2) is 7.50. The van der Waals surface area contributed by atoms with E-state index in [1.54, 1.807) is 49.8 Å². The minimum Gasteiger partial charge on any atom is -0.459 e. The summed E-state index contributed by atoms with van der Waals surface area (Å²) in [6, 6.07) is 3.58. The van der Waals surface area contributed by atoms with Crippen molar-refractivity contribution in [1.29, 1.82) is 0 Å². The van der Waals surface area contributed by atoms with Gasteiger partial charge in [0.15, 0.2) is 5.76 Å². The van der Waals surface area contributed by atoms with Crippen molar-refractivity contribution in [2.24, 2.45) is 11.3 Å². The number of hydrogen-bond acceptors (Lipinski definition) is 6. The molecular formula is C21H27N5O3. The lowest BCUT2D eigenvalue weighted by Gasteiger charge is -2.34. The molecule has 0 aliphatic carbocycles. The number of amides is 2. The summed E-state index contributed by atoms with van der Waals surface area (Å²) in [6.07, 6.45) is 6.48. The Morgan fingerprint density at radius 1 is 1.24 bits per heavy atom. The van der Waals surface area contributed by atoms with Crippen LogP contribution in [-0.4, -0.2) is 71.9 Å². The zero-order chi connectivity index (χ0) is 20.6. The molecule has 2 saturated heterocycles. The minimum absolute atomic E-state index is 0.00271. The van der Waals surface area contributed by atoms with Crippen LogP contribution in [0.1, 0.15) is 29.0 Å². The summed E-state index contributed by atoms with van der Waals surface area (Å²) in [7, 11) is 3.60. The highest BCUT2D eigenvalue weighted by Crippen LogP contribution is 2.44. The van der Waals surface area contributed by atoms with Crippen LogP contribution < -0.4 is 4.90 Å². The van der Waals surface area contributed by atoms with Crippen molar-refractivity contribution >= 4 is 17.8 Å². The third kappa shape index (κ3) is 3.36. The first-order chi connectivity index (χ1) is 13.9. The fraction of sp³-hybridized carbons (Fsp3) is 0.524. The molecule has 0 spiro atoms. The molecule has 2 aliphatic rings. The fourth-order valence-electron chi connectivity index (χ4n) is 4.75. The number of anilines is 1. The number of rotatable bonds is 3. The highest BCUT2D eigenvalue weighted by Gasteiger charge is 2.54. The Morgan fingerprint density at radius 3 is 2.66 bits per heavy atom. The minimum atomic E-state index is -0.546. The van der Waals surface area contributed by atoms with Crippen molar-refractivity contribution in [1.82, 2.24) is 19.8 Å². The summed E-state index contributed by atoms with van der Waals surface area (Å²) in [6.45, 7) is 4.23. The van der Waals surface area contributed by atoms with E-state index in [9.17, 15) is 9.59 Å². The van der Waals surface area contributed by atoms with E-state index in [2.05, 4.69) is 14.9 Å². The topological polar surface area (TPSA) is 82.8 Å². The van der Waals surface area contributed by atoms with E-state index in [1.165, 1.54) is 0 Å². The first-order valence-corrected chi connectivity index (χ1v) is 9.99. The fourth-order valence-corrected chi connectivity index (χ4v) is 4.75. The molecule has 4 heterocycles. The third-order valence-electron chi connectivity index (χ3n) is 6.20. The first kappa shape index (κ1) is 19.4. The maximum Gasteiger partial charge on any atom is 0.289 e. The second-order valence-corrected chi connectivity index (χ2v) is 8.27. The van der Waals surface area contributed by atoms with E-state index < -0.39 is 5.41 Å². The van der Waals surface area contributed by atoms with Crippen LogP contribution in [0, 0.1) is 18.3 Å². The number of fused-ring (bicyclic) bond motifs is 1. The van der Waals surface area contributed by atoms with E-state index >= 15 is 0 Å². The Balaban J connectivity index is 1.65. The summed E-state index contributed by atoms with van der Waals surface area (Å²) in [5.74, 6) is 1.03. The summed E-state index contributed by atoms with van der Waals surface area (Å²) in [4.78, 5) is 40.8. The van der Waals surface area contributed by atoms with Gasteiger partial charge in [0.1, 0.15) is 0 Å². The molecule has 154 valence electrons. The molecule has 2 atom stereocenters. The van der Waals surface area contributed by atoms with Crippen molar-refractivity contribution in [3.63, 3.8) is 0 Å². The normalized spacial score (nSPS) is 24.2. The van der Waals surface area contributed by atoms with Gasteiger partial charge < -0.3 is 19.1 Å². The zero-order valence-corrected chi connectivity index (χ0v) is 17.2. The molecule has 8 nitrogen and oxygen atoms in total. The molecular weight excluding hydrogens is 370 g/mol. The lowest BCUT2D eigenvalue weighted by molar-refractivity contribution is -0.141. The van der Waals surface area contributed by atoms with Crippen LogP contribution >= 0.6 is 0 Å². The molecule has 0 N–H and O–H groups in total. The van der Waals surface area contributed by atoms with Crippen molar-refractivity contribution in [2.75, 3.05) is 45.2 Å². The van der Waals surface area contributed by atoms with Crippen molar-refractivity contribution in [3.05, 3.63) is 42.1 Å². The number of carbonyl (C=O) groups is 2. The molecule has 0 bridgehead atoms. The van der Waals surface area contributed by atoms with Gasteiger partial charge in [-0.15, -0.1) is 0 Å². The quantitative estimate of drug-likeness (QED) is 0.786.